The van der Waals surface area contributed by atoms with E-state index in [0.717, 1.165) is 19.7 Å². The van der Waals surface area contributed by atoms with E-state index in [-0.39, 0.29) is 5.54 Å². The number of hydrogen-bond donors (Lipinski definition) is 1. The van der Waals surface area contributed by atoms with E-state index in [0.29, 0.717) is 12.0 Å². The van der Waals surface area contributed by atoms with E-state index in [4.69, 9.17) is 10.5 Å². The average molecular weight is 242 g/mol. The number of ether oxygens (including phenoxy) is 1. The molecule has 1 aliphatic carbocycles. The third-order valence-corrected chi connectivity index (χ3v) is 4.62. The molecule has 3 heteroatoms. The van der Waals surface area contributed by atoms with E-state index in [9.17, 15) is 0 Å². The fourth-order valence-electron chi connectivity index (χ4n) is 3.64. The summed E-state index contributed by atoms with van der Waals surface area (Å²) in [5.74, 6) is 0.695. The molecule has 1 rings (SSSR count). The second kappa shape index (κ2) is 6.72. The highest BCUT2D eigenvalue weighted by Gasteiger charge is 2.43. The summed E-state index contributed by atoms with van der Waals surface area (Å²) in [7, 11) is 1.78. The summed E-state index contributed by atoms with van der Waals surface area (Å²) in [5.41, 5.74) is 6.36. The highest BCUT2D eigenvalue weighted by molar-refractivity contribution is 4.99. The van der Waals surface area contributed by atoms with Gasteiger partial charge in [0.15, 0.2) is 0 Å². The van der Waals surface area contributed by atoms with Crippen LogP contribution in [-0.4, -0.2) is 43.3 Å². The standard InChI is InChI=1S/C14H30N2O/c1-5-16(13(3)10-17-4)14(11-15)9-7-6-8-12(14)2/h12-13H,5-11,15H2,1-4H3. The van der Waals surface area contributed by atoms with Gasteiger partial charge < -0.3 is 10.5 Å². The normalized spacial score (nSPS) is 31.8. The second-order valence-electron chi connectivity index (χ2n) is 5.54. The smallest absolute Gasteiger partial charge is 0.0615 e. The van der Waals surface area contributed by atoms with E-state index in [1.165, 1.54) is 25.7 Å². The molecule has 0 aromatic rings. The molecule has 0 spiro atoms. The summed E-state index contributed by atoms with van der Waals surface area (Å²) in [5, 5.41) is 0. The van der Waals surface area contributed by atoms with Crippen LogP contribution in [-0.2, 0) is 4.74 Å². The van der Waals surface area contributed by atoms with Gasteiger partial charge in [0.05, 0.1) is 6.61 Å². The van der Waals surface area contributed by atoms with Crippen LogP contribution >= 0.6 is 0 Å². The molecule has 1 saturated carbocycles. The lowest BCUT2D eigenvalue weighted by molar-refractivity contribution is -0.0309. The van der Waals surface area contributed by atoms with Crippen molar-refractivity contribution in [2.45, 2.75) is 58.0 Å². The van der Waals surface area contributed by atoms with Gasteiger partial charge in [0.25, 0.3) is 0 Å². The molecule has 102 valence electrons. The number of rotatable bonds is 6. The number of nitrogens with zero attached hydrogens (tertiary/aromatic N) is 1. The quantitative estimate of drug-likeness (QED) is 0.776. The Morgan fingerprint density at radius 1 is 1.47 bits per heavy atom. The van der Waals surface area contributed by atoms with Gasteiger partial charge >= 0.3 is 0 Å². The van der Waals surface area contributed by atoms with Gasteiger partial charge in [-0.15, -0.1) is 0 Å². The Balaban J connectivity index is 2.86. The first-order chi connectivity index (χ1) is 8.12. The molecule has 17 heavy (non-hydrogen) atoms. The Bertz CT molecular complexity index is 222. The lowest BCUT2D eigenvalue weighted by atomic mass is 9.72. The zero-order valence-corrected chi connectivity index (χ0v) is 12.0. The summed E-state index contributed by atoms with van der Waals surface area (Å²) in [6, 6.07) is 0.453. The number of nitrogens with two attached hydrogens (primary N) is 1. The average Bonchev–Trinajstić information content (AvgIpc) is 2.33. The van der Waals surface area contributed by atoms with Gasteiger partial charge in [-0.2, -0.15) is 0 Å². The summed E-state index contributed by atoms with van der Waals surface area (Å²) in [4.78, 5) is 2.58. The molecule has 0 radical (unpaired) electrons. The molecule has 0 amide bonds. The van der Waals surface area contributed by atoms with Gasteiger partial charge in [-0.3, -0.25) is 4.90 Å². The first-order valence-corrected chi connectivity index (χ1v) is 7.08. The van der Waals surface area contributed by atoms with E-state index < -0.39 is 0 Å². The Hall–Kier alpha value is -0.120. The SMILES string of the molecule is CCN(C(C)COC)C1(CN)CCCCC1C. The minimum absolute atomic E-state index is 0.199. The van der Waals surface area contributed by atoms with Crippen LogP contribution in [0.2, 0.25) is 0 Å². The lowest BCUT2D eigenvalue weighted by Crippen LogP contribution is -2.62. The minimum atomic E-state index is 0.199. The van der Waals surface area contributed by atoms with Gasteiger partial charge in [0.1, 0.15) is 0 Å². The largest absolute Gasteiger partial charge is 0.383 e. The van der Waals surface area contributed by atoms with Gasteiger partial charge in [-0.05, 0) is 32.2 Å². The van der Waals surface area contributed by atoms with Crippen molar-refractivity contribution < 1.29 is 4.74 Å². The van der Waals surface area contributed by atoms with Crippen molar-refractivity contribution in [3.8, 4) is 0 Å². The van der Waals surface area contributed by atoms with Crippen molar-refractivity contribution >= 4 is 0 Å². The van der Waals surface area contributed by atoms with Crippen LogP contribution in [0.5, 0.6) is 0 Å². The minimum Gasteiger partial charge on any atom is -0.383 e. The summed E-state index contributed by atoms with van der Waals surface area (Å²) >= 11 is 0. The first kappa shape index (κ1) is 14.9. The fourth-order valence-corrected chi connectivity index (χ4v) is 3.64. The maximum absolute atomic E-state index is 6.16. The topological polar surface area (TPSA) is 38.5 Å². The predicted octanol–water partition coefficient (Wildman–Crippen LogP) is 2.25. The molecule has 0 aromatic carbocycles. The number of likely N-dealkylation sites (N-methyl/N-ethyl adjacent to an activating group) is 1. The molecule has 0 bridgehead atoms. The molecule has 0 aromatic heterocycles. The van der Waals surface area contributed by atoms with Crippen LogP contribution in [0.1, 0.15) is 46.5 Å². The van der Waals surface area contributed by atoms with Crippen molar-refractivity contribution in [2.24, 2.45) is 11.7 Å². The summed E-state index contributed by atoms with van der Waals surface area (Å²) in [6.07, 6.45) is 5.23. The highest BCUT2D eigenvalue weighted by atomic mass is 16.5. The number of hydrogen-bond acceptors (Lipinski definition) is 3. The molecule has 3 atom stereocenters. The molecule has 3 unspecified atom stereocenters. The van der Waals surface area contributed by atoms with Crippen molar-refractivity contribution in [2.75, 3.05) is 26.8 Å². The molecular weight excluding hydrogens is 212 g/mol. The number of methoxy groups -OCH3 is 1. The highest BCUT2D eigenvalue weighted by Crippen LogP contribution is 2.38. The van der Waals surface area contributed by atoms with Crippen LogP contribution < -0.4 is 5.73 Å². The van der Waals surface area contributed by atoms with Gasteiger partial charge in [-0.25, -0.2) is 0 Å². The van der Waals surface area contributed by atoms with E-state index in [1.807, 2.05) is 0 Å². The Kier molecular flexibility index (Phi) is 5.90. The van der Waals surface area contributed by atoms with Crippen molar-refractivity contribution in [3.63, 3.8) is 0 Å². The molecule has 0 saturated heterocycles. The molecule has 2 N–H and O–H groups in total. The first-order valence-electron chi connectivity index (χ1n) is 7.08. The zero-order valence-electron chi connectivity index (χ0n) is 12.0. The summed E-state index contributed by atoms with van der Waals surface area (Å²) < 4.78 is 5.32. The van der Waals surface area contributed by atoms with Gasteiger partial charge in [0, 0.05) is 25.2 Å². The molecule has 1 fully saturated rings. The molecular formula is C14H30N2O. The predicted molar refractivity (Wildman–Crippen MR) is 73.1 cm³/mol. The molecule has 0 aliphatic heterocycles. The summed E-state index contributed by atoms with van der Waals surface area (Å²) in [6.45, 7) is 9.50. The Morgan fingerprint density at radius 3 is 2.65 bits per heavy atom. The third-order valence-electron chi connectivity index (χ3n) is 4.62. The van der Waals surface area contributed by atoms with E-state index >= 15 is 0 Å². The third kappa shape index (κ3) is 3.01. The van der Waals surface area contributed by atoms with Gasteiger partial charge in [0.2, 0.25) is 0 Å². The zero-order chi connectivity index (χ0) is 12.9. The van der Waals surface area contributed by atoms with Crippen LogP contribution in [0, 0.1) is 5.92 Å². The second-order valence-corrected chi connectivity index (χ2v) is 5.54. The molecule has 0 heterocycles. The van der Waals surface area contributed by atoms with E-state index in [1.54, 1.807) is 7.11 Å². The van der Waals surface area contributed by atoms with Crippen LogP contribution in [0.4, 0.5) is 0 Å². The fraction of sp³-hybridized carbons (Fsp3) is 1.00. The van der Waals surface area contributed by atoms with Crippen LogP contribution in [0.25, 0.3) is 0 Å². The van der Waals surface area contributed by atoms with E-state index in [2.05, 4.69) is 25.7 Å². The van der Waals surface area contributed by atoms with Crippen LogP contribution in [0.3, 0.4) is 0 Å². The van der Waals surface area contributed by atoms with Crippen LogP contribution in [0.15, 0.2) is 0 Å². The van der Waals surface area contributed by atoms with Crippen molar-refractivity contribution in [1.82, 2.24) is 4.90 Å². The molecule has 3 nitrogen and oxygen atoms in total. The van der Waals surface area contributed by atoms with Crippen molar-refractivity contribution in [3.05, 3.63) is 0 Å². The maximum Gasteiger partial charge on any atom is 0.0615 e. The Labute approximate surface area is 107 Å². The van der Waals surface area contributed by atoms with Crippen molar-refractivity contribution in [1.29, 1.82) is 0 Å². The van der Waals surface area contributed by atoms with Gasteiger partial charge in [-0.1, -0.05) is 26.7 Å². The lowest BCUT2D eigenvalue weighted by Gasteiger charge is -2.52. The maximum atomic E-state index is 6.16. The molecule has 1 aliphatic rings. The Morgan fingerprint density at radius 2 is 2.18 bits per heavy atom. The monoisotopic (exact) mass is 242 g/mol.